The molecule has 2 aromatic heterocycles. The number of hydrogen-bond donors (Lipinski definition) is 0. The zero-order valence-electron chi connectivity index (χ0n) is 29.1. The summed E-state index contributed by atoms with van der Waals surface area (Å²) in [5.74, 6) is 0. The van der Waals surface area contributed by atoms with Gasteiger partial charge in [-0.15, -0.1) is 0 Å². The van der Waals surface area contributed by atoms with Crippen LogP contribution in [-0.4, -0.2) is 14.5 Å². The molecule has 11 rings (SSSR count). The molecule has 0 aliphatic heterocycles. The minimum absolute atomic E-state index is 0.221. The van der Waals surface area contributed by atoms with E-state index in [1.807, 2.05) is 0 Å². The molecule has 9 aromatic carbocycles. The van der Waals surface area contributed by atoms with Crippen LogP contribution in [-0.2, 0) is 0 Å². The van der Waals surface area contributed by atoms with Crippen molar-refractivity contribution in [2.45, 2.75) is 6.92 Å². The summed E-state index contributed by atoms with van der Waals surface area (Å²) in [7, 11) is 0. The Labute approximate surface area is 318 Å². The van der Waals surface area contributed by atoms with Crippen molar-refractivity contribution in [1.82, 2.24) is 0 Å². The fourth-order valence-electron chi connectivity index (χ4n) is 8.79. The molecule has 0 fully saturated rings. The molecular weight excluding hydrogens is 724 g/mol. The Morgan fingerprint density at radius 1 is 0.340 bits per heavy atom. The average Bonchev–Trinajstić information content (AvgIpc) is 3.81. The van der Waals surface area contributed by atoms with Crippen LogP contribution >= 0.6 is 11.3 Å². The molecule has 0 aliphatic rings. The summed E-state index contributed by atoms with van der Waals surface area (Å²) < 4.78 is 2.92. The molecule has 248 valence electrons. The maximum absolute atomic E-state index is 2.49. The fraction of sp³-hybridized carbons (Fsp3) is 0.0196. The number of aryl methyl sites for hydroxylation is 1. The van der Waals surface area contributed by atoms with Crippen molar-refractivity contribution in [1.29, 1.82) is 0 Å². The second-order valence-electron chi connectivity index (χ2n) is 14.0. The first-order valence-corrected chi connectivity index (χ1v) is 20.8. The van der Waals surface area contributed by atoms with Gasteiger partial charge in [-0.2, -0.15) is 0 Å². The van der Waals surface area contributed by atoms with Gasteiger partial charge in [-0.25, -0.2) is 0 Å². The zero-order valence-corrected chi connectivity index (χ0v) is 31.6. The van der Waals surface area contributed by atoms with Gasteiger partial charge in [0.2, 0.25) is 0 Å². The van der Waals surface area contributed by atoms with Gasteiger partial charge in [0.15, 0.2) is 0 Å². The van der Waals surface area contributed by atoms with Gasteiger partial charge in [0, 0.05) is 0 Å². The van der Waals surface area contributed by atoms with E-state index in [1.165, 1.54) is 112 Å². The summed E-state index contributed by atoms with van der Waals surface area (Å²) >= 11 is 2.01. The Balaban J connectivity index is 1.13. The van der Waals surface area contributed by atoms with Crippen LogP contribution < -0.4 is 0 Å². The van der Waals surface area contributed by atoms with Gasteiger partial charge < -0.3 is 0 Å². The Hall–Kier alpha value is -5.76. The molecule has 0 atom stereocenters. The van der Waals surface area contributed by atoms with Crippen molar-refractivity contribution in [2.24, 2.45) is 0 Å². The van der Waals surface area contributed by atoms with E-state index in [0.29, 0.717) is 0 Å². The molecule has 2 heterocycles. The fourth-order valence-corrected chi connectivity index (χ4v) is 12.0. The number of benzene rings is 9. The Morgan fingerprint density at radius 3 is 1.30 bits per heavy atom. The van der Waals surface area contributed by atoms with E-state index in [4.69, 9.17) is 0 Å². The summed E-state index contributed by atoms with van der Waals surface area (Å²) in [5, 5.41) is 17.8. The quantitative estimate of drug-likeness (QED) is 0.124. The third-order valence-corrected chi connectivity index (χ3v) is 14.3. The third-order valence-electron chi connectivity index (χ3n) is 11.1. The van der Waals surface area contributed by atoms with Crippen LogP contribution in [0.2, 0.25) is 0 Å². The topological polar surface area (TPSA) is 0 Å². The molecule has 11 aromatic rings. The number of rotatable bonds is 4. The van der Waals surface area contributed by atoms with Crippen LogP contribution in [0.3, 0.4) is 0 Å². The Morgan fingerprint density at radius 2 is 0.792 bits per heavy atom. The van der Waals surface area contributed by atoms with Gasteiger partial charge in [-0.05, 0) is 0 Å². The standard InChI is InChI=1S/C51H32SSe/c1-31-29-52-30-45(31)51-42-21-11-9-19-40(42)49(41-20-10-12-22-43(41)51)33-24-26-46-44(27-33)35-25-23-34(28-47(35)53-46)50-38-17-7-5-15-36(38)48(32-13-3-2-4-14-32)37-16-6-8-18-39(37)50/h2-30H,1H3. The van der Waals surface area contributed by atoms with Gasteiger partial charge in [0.1, 0.15) is 0 Å². The van der Waals surface area contributed by atoms with Crippen molar-refractivity contribution in [3.63, 3.8) is 0 Å². The van der Waals surface area contributed by atoms with Gasteiger partial charge in [0.25, 0.3) is 0 Å². The molecule has 0 nitrogen and oxygen atoms in total. The summed E-state index contributed by atoms with van der Waals surface area (Å²) in [6, 6.07) is 61.3. The molecule has 0 spiro atoms. The van der Waals surface area contributed by atoms with Gasteiger partial charge >= 0.3 is 320 Å². The summed E-state index contributed by atoms with van der Waals surface area (Å²) in [6.45, 7) is 2.24. The molecule has 0 unspecified atom stereocenters. The van der Waals surface area contributed by atoms with Gasteiger partial charge in [0.05, 0.1) is 0 Å². The van der Waals surface area contributed by atoms with Crippen LogP contribution in [0.15, 0.2) is 175 Å². The van der Waals surface area contributed by atoms with Crippen LogP contribution in [0.1, 0.15) is 5.56 Å². The first-order valence-electron chi connectivity index (χ1n) is 18.2. The predicted molar refractivity (Wildman–Crippen MR) is 233 cm³/mol. The second kappa shape index (κ2) is 12.2. The van der Waals surface area contributed by atoms with Crippen LogP contribution in [0.25, 0.3) is 107 Å². The molecular formula is C51H32SSe. The number of thiophene rings is 1. The minimum atomic E-state index is 0.221. The van der Waals surface area contributed by atoms with Gasteiger partial charge in [-0.3, -0.25) is 0 Å². The first kappa shape index (κ1) is 30.8. The van der Waals surface area contributed by atoms with Crippen molar-refractivity contribution in [2.75, 3.05) is 0 Å². The zero-order chi connectivity index (χ0) is 35.0. The second-order valence-corrected chi connectivity index (χ2v) is 17.1. The molecule has 0 saturated heterocycles. The van der Waals surface area contributed by atoms with Crippen molar-refractivity contribution < 1.29 is 0 Å². The summed E-state index contributed by atoms with van der Waals surface area (Å²) in [6.07, 6.45) is 0. The monoisotopic (exact) mass is 756 g/mol. The van der Waals surface area contributed by atoms with E-state index in [9.17, 15) is 0 Å². The summed E-state index contributed by atoms with van der Waals surface area (Å²) in [5.41, 5.74) is 11.8. The molecule has 0 aliphatic carbocycles. The van der Waals surface area contributed by atoms with E-state index in [1.54, 1.807) is 11.3 Å². The van der Waals surface area contributed by atoms with Crippen LogP contribution in [0.4, 0.5) is 0 Å². The van der Waals surface area contributed by atoms with E-state index >= 15 is 0 Å². The Bertz CT molecular complexity index is 3120. The molecule has 0 radical (unpaired) electrons. The van der Waals surface area contributed by atoms with E-state index in [-0.39, 0.29) is 14.5 Å². The van der Waals surface area contributed by atoms with Crippen molar-refractivity contribution in [3.05, 3.63) is 180 Å². The molecule has 2 heteroatoms. The first-order chi connectivity index (χ1) is 26.2. The van der Waals surface area contributed by atoms with E-state index in [2.05, 4.69) is 181 Å². The van der Waals surface area contributed by atoms with Gasteiger partial charge in [-0.1, -0.05) is 0 Å². The van der Waals surface area contributed by atoms with Crippen LogP contribution in [0, 0.1) is 6.92 Å². The van der Waals surface area contributed by atoms with Crippen LogP contribution in [0.5, 0.6) is 0 Å². The maximum atomic E-state index is 2.49. The molecule has 0 amide bonds. The summed E-state index contributed by atoms with van der Waals surface area (Å²) in [4.78, 5) is 0. The van der Waals surface area contributed by atoms with Crippen molar-refractivity contribution in [3.8, 4) is 44.5 Å². The van der Waals surface area contributed by atoms with E-state index in [0.717, 1.165) is 0 Å². The third kappa shape index (κ3) is 4.74. The number of hydrogen-bond acceptors (Lipinski definition) is 1. The predicted octanol–water partition coefficient (Wildman–Crippen LogP) is 14.7. The average molecular weight is 756 g/mol. The molecule has 0 bridgehead atoms. The number of fused-ring (bicyclic) bond motifs is 7. The van der Waals surface area contributed by atoms with Crippen molar-refractivity contribution >= 4 is 88.2 Å². The van der Waals surface area contributed by atoms with E-state index < -0.39 is 0 Å². The molecule has 0 N–H and O–H groups in total. The Kier molecular flexibility index (Phi) is 7.07. The normalized spacial score (nSPS) is 11.9. The SMILES string of the molecule is Cc1cscc1-c1c2ccccc2c(-c2ccc3[se]c4cc(-c5c6ccccc6c(-c6ccccc6)c6ccccc56)ccc4c3c2)c2ccccc12. The molecule has 0 saturated carbocycles. The molecule has 53 heavy (non-hydrogen) atoms.